The van der Waals surface area contributed by atoms with Crippen molar-refractivity contribution in [1.29, 1.82) is 0 Å². The van der Waals surface area contributed by atoms with Gasteiger partial charge in [-0.05, 0) is 34.5 Å². The van der Waals surface area contributed by atoms with Crippen molar-refractivity contribution in [2.24, 2.45) is 21.7 Å². The average molecular weight is 283 g/mol. The smallest absolute Gasteiger partial charge is 0.0203 e. The molecule has 0 aromatic rings. The predicted molar refractivity (Wildman–Crippen MR) is 96.2 cm³/mol. The Bertz CT molecular complexity index is 235. The van der Waals surface area contributed by atoms with Gasteiger partial charge in [0.1, 0.15) is 0 Å². The lowest BCUT2D eigenvalue weighted by Crippen LogP contribution is -2.12. The predicted octanol–water partition coefficient (Wildman–Crippen LogP) is 7.49. The van der Waals surface area contributed by atoms with Crippen molar-refractivity contribution in [3.8, 4) is 0 Å². The molecule has 0 fully saturated rings. The zero-order valence-electron chi connectivity index (χ0n) is 16.6. The molecule has 0 atom stereocenters. The van der Waals surface area contributed by atoms with E-state index in [0.29, 0.717) is 21.7 Å². The van der Waals surface area contributed by atoms with Gasteiger partial charge in [-0.2, -0.15) is 0 Å². The third-order valence-electron chi connectivity index (χ3n) is 2.71. The minimum atomic E-state index is 0.327. The highest BCUT2D eigenvalue weighted by Gasteiger charge is 2.16. The van der Waals surface area contributed by atoms with Crippen LogP contribution in [0, 0.1) is 21.7 Å². The molecule has 20 heavy (non-hydrogen) atoms. The van der Waals surface area contributed by atoms with Gasteiger partial charge in [-0.15, -0.1) is 0 Å². The summed E-state index contributed by atoms with van der Waals surface area (Å²) in [6.45, 7) is 27.1. The highest BCUT2D eigenvalue weighted by atomic mass is 14.2. The summed E-state index contributed by atoms with van der Waals surface area (Å²) < 4.78 is 0. The molecule has 0 heteroatoms. The normalized spacial score (nSPS) is 14.2. The first-order valence-corrected chi connectivity index (χ1v) is 8.12. The van der Waals surface area contributed by atoms with Crippen molar-refractivity contribution in [3.05, 3.63) is 12.2 Å². The van der Waals surface area contributed by atoms with Gasteiger partial charge in [0.2, 0.25) is 0 Å². The van der Waals surface area contributed by atoms with Crippen molar-refractivity contribution in [1.82, 2.24) is 0 Å². The fourth-order valence-corrected chi connectivity index (χ4v) is 1.25. The largest absolute Gasteiger partial charge is 0.0826 e. The summed E-state index contributed by atoms with van der Waals surface area (Å²) in [5.74, 6) is 0. The first-order chi connectivity index (χ1) is 8.41. The molecule has 0 aliphatic carbocycles. The minimum absolute atomic E-state index is 0.327. The third kappa shape index (κ3) is 26.3. The van der Waals surface area contributed by atoms with E-state index in [1.54, 1.807) is 0 Å². The molecule has 0 bridgehead atoms. The van der Waals surface area contributed by atoms with E-state index < -0.39 is 0 Å². The molecule has 122 valence electrons. The fraction of sp³-hybridized carbons (Fsp3) is 0.900. The minimum Gasteiger partial charge on any atom is -0.0826 e. The number of hydrogen-bond donors (Lipinski definition) is 0. The molecule has 0 rings (SSSR count). The summed E-state index contributed by atoms with van der Waals surface area (Å²) in [5.41, 5.74) is 1.67. The Morgan fingerprint density at radius 1 is 0.450 bits per heavy atom. The van der Waals surface area contributed by atoms with Crippen LogP contribution in [-0.2, 0) is 0 Å². The first-order valence-electron chi connectivity index (χ1n) is 8.12. The average Bonchev–Trinajstić information content (AvgIpc) is 2.09. The maximum atomic E-state index is 2.30. The van der Waals surface area contributed by atoms with Gasteiger partial charge >= 0.3 is 0 Å². The fourth-order valence-electron chi connectivity index (χ4n) is 1.25. The van der Waals surface area contributed by atoms with E-state index in [1.807, 2.05) is 0 Å². The molecule has 0 unspecified atom stereocenters. The Labute approximate surface area is 130 Å². The Morgan fingerprint density at radius 3 is 0.750 bits per heavy atom. The van der Waals surface area contributed by atoms with E-state index in [4.69, 9.17) is 0 Å². The lowest BCUT2D eigenvalue weighted by atomic mass is 9.81. The van der Waals surface area contributed by atoms with Crippen LogP contribution >= 0.6 is 0 Å². The van der Waals surface area contributed by atoms with E-state index >= 15 is 0 Å². The van der Waals surface area contributed by atoms with E-state index in [0.717, 1.165) is 0 Å². The molecular formula is C20H42. The van der Waals surface area contributed by atoms with E-state index in [9.17, 15) is 0 Å². The van der Waals surface area contributed by atoms with Crippen LogP contribution in [0.4, 0.5) is 0 Å². The Hall–Kier alpha value is -0.260. The van der Waals surface area contributed by atoms with Crippen LogP contribution in [0.2, 0.25) is 0 Å². The van der Waals surface area contributed by atoms with Crippen molar-refractivity contribution < 1.29 is 0 Å². The summed E-state index contributed by atoms with van der Waals surface area (Å²) in [7, 11) is 0. The molecule has 0 aliphatic heterocycles. The van der Waals surface area contributed by atoms with Crippen LogP contribution in [0.1, 0.15) is 95.9 Å². The van der Waals surface area contributed by atoms with Crippen LogP contribution in [0.15, 0.2) is 12.2 Å². The second kappa shape index (κ2) is 7.66. The molecule has 0 saturated heterocycles. The van der Waals surface area contributed by atoms with Gasteiger partial charge in [-0.1, -0.05) is 95.2 Å². The van der Waals surface area contributed by atoms with Crippen LogP contribution in [-0.4, -0.2) is 0 Å². The summed E-state index contributed by atoms with van der Waals surface area (Å²) in [5, 5.41) is 0. The Balaban J connectivity index is 0. The van der Waals surface area contributed by atoms with Crippen molar-refractivity contribution in [3.63, 3.8) is 0 Å². The molecule has 0 aliphatic rings. The topological polar surface area (TPSA) is 0 Å². The molecule has 0 heterocycles. The van der Waals surface area contributed by atoms with Gasteiger partial charge in [0, 0.05) is 0 Å². The molecule has 0 nitrogen and oxygen atoms in total. The summed E-state index contributed by atoms with van der Waals surface area (Å²) in [6, 6.07) is 0. The highest BCUT2D eigenvalue weighted by Crippen LogP contribution is 2.29. The maximum Gasteiger partial charge on any atom is -0.0203 e. The van der Waals surface area contributed by atoms with Crippen LogP contribution < -0.4 is 0 Å². The number of hydrogen-bond acceptors (Lipinski definition) is 0. The Morgan fingerprint density at radius 2 is 0.650 bits per heavy atom. The third-order valence-corrected chi connectivity index (χ3v) is 2.71. The standard InChI is InChI=1S/C10H22.C10H20/c2*1-9(2,3)7-8-10(4,5)6/h7-8H2,1-6H3;7-8H,1-6H3. The zero-order valence-corrected chi connectivity index (χ0v) is 16.6. The van der Waals surface area contributed by atoms with Gasteiger partial charge in [-0.25, -0.2) is 0 Å². The second-order valence-corrected chi connectivity index (χ2v) is 10.7. The van der Waals surface area contributed by atoms with E-state index in [2.05, 4.69) is 95.2 Å². The SMILES string of the molecule is CC(C)(C)C=CC(C)(C)C.CC(C)(C)CCC(C)(C)C. The Kier molecular flexibility index (Phi) is 8.44. The molecule has 0 aromatic heterocycles. The first kappa shape index (κ1) is 22.0. The molecule has 0 amide bonds. The highest BCUT2D eigenvalue weighted by molar-refractivity contribution is 4.98. The van der Waals surface area contributed by atoms with Crippen molar-refractivity contribution in [2.75, 3.05) is 0 Å². The van der Waals surface area contributed by atoms with Gasteiger partial charge in [0.15, 0.2) is 0 Å². The molecule has 0 spiro atoms. The van der Waals surface area contributed by atoms with E-state index in [-0.39, 0.29) is 0 Å². The van der Waals surface area contributed by atoms with Crippen molar-refractivity contribution >= 4 is 0 Å². The van der Waals surface area contributed by atoms with Gasteiger partial charge < -0.3 is 0 Å². The lowest BCUT2D eigenvalue weighted by Gasteiger charge is -2.24. The van der Waals surface area contributed by atoms with Crippen LogP contribution in [0.3, 0.4) is 0 Å². The summed E-state index contributed by atoms with van der Waals surface area (Å²) in [6.07, 6.45) is 7.20. The summed E-state index contributed by atoms with van der Waals surface area (Å²) in [4.78, 5) is 0. The molecular weight excluding hydrogens is 240 g/mol. The monoisotopic (exact) mass is 282 g/mol. The maximum absolute atomic E-state index is 2.30. The van der Waals surface area contributed by atoms with Crippen LogP contribution in [0.25, 0.3) is 0 Å². The molecule has 0 N–H and O–H groups in total. The quantitative estimate of drug-likeness (QED) is 0.437. The molecule has 0 aromatic carbocycles. The van der Waals surface area contributed by atoms with E-state index in [1.165, 1.54) is 12.8 Å². The molecule has 0 radical (unpaired) electrons. The van der Waals surface area contributed by atoms with Gasteiger partial charge in [-0.3, -0.25) is 0 Å². The lowest BCUT2D eigenvalue weighted by molar-refractivity contribution is 0.275. The number of rotatable bonds is 1. The van der Waals surface area contributed by atoms with Gasteiger partial charge in [0.05, 0.1) is 0 Å². The molecule has 0 saturated carbocycles. The second-order valence-electron chi connectivity index (χ2n) is 10.7. The van der Waals surface area contributed by atoms with Crippen molar-refractivity contribution in [2.45, 2.75) is 95.9 Å². The number of allylic oxidation sites excluding steroid dienone is 2. The van der Waals surface area contributed by atoms with Crippen LogP contribution in [0.5, 0.6) is 0 Å². The zero-order chi connectivity index (χ0) is 16.8. The summed E-state index contributed by atoms with van der Waals surface area (Å²) >= 11 is 0. The van der Waals surface area contributed by atoms with Gasteiger partial charge in [0.25, 0.3) is 0 Å².